The van der Waals surface area contributed by atoms with E-state index in [0.717, 1.165) is 34.3 Å². The molecule has 3 heterocycles. The van der Waals surface area contributed by atoms with Crippen LogP contribution in [0, 0.1) is 6.92 Å². The minimum atomic E-state index is -0.650. The Hall–Kier alpha value is -3.60. The molecule has 11 nitrogen and oxygen atoms in total. The third-order valence-corrected chi connectivity index (χ3v) is 6.11. The predicted octanol–water partition coefficient (Wildman–Crippen LogP) is 1.38. The molecule has 4 rings (SSSR count). The van der Waals surface area contributed by atoms with E-state index in [2.05, 4.69) is 32.4 Å². The molecular weight excluding hydrogens is 438 g/mol. The van der Waals surface area contributed by atoms with Crippen molar-refractivity contribution >= 4 is 5.91 Å². The Morgan fingerprint density at radius 3 is 2.68 bits per heavy atom. The van der Waals surface area contributed by atoms with E-state index < -0.39 is 17.2 Å². The highest BCUT2D eigenvalue weighted by atomic mass is 16.5. The van der Waals surface area contributed by atoms with Crippen LogP contribution in [0.15, 0.2) is 38.4 Å². The SMILES string of the molecule is CCn1c(=O)c(-c2noc(C(=O)NCCN3CCCC[C@@H]3C)n2)nn(-c2ccc(C)cc2)c1=O. The zero-order chi connectivity index (χ0) is 24.2. The molecule has 1 amide bonds. The number of piperidine rings is 1. The van der Waals surface area contributed by atoms with Gasteiger partial charge in [-0.15, -0.1) is 0 Å². The van der Waals surface area contributed by atoms with Crippen molar-refractivity contribution < 1.29 is 9.32 Å². The molecule has 2 aromatic heterocycles. The average molecular weight is 468 g/mol. The average Bonchev–Trinajstić information content (AvgIpc) is 3.32. The monoisotopic (exact) mass is 467 g/mol. The van der Waals surface area contributed by atoms with Crippen molar-refractivity contribution in [1.82, 2.24) is 34.7 Å². The summed E-state index contributed by atoms with van der Waals surface area (Å²) in [5.41, 5.74) is 0.111. The zero-order valence-electron chi connectivity index (χ0n) is 19.7. The lowest BCUT2D eigenvalue weighted by atomic mass is 10.0. The third-order valence-electron chi connectivity index (χ3n) is 6.11. The van der Waals surface area contributed by atoms with Gasteiger partial charge in [-0.1, -0.05) is 29.3 Å². The lowest BCUT2D eigenvalue weighted by Gasteiger charge is -2.33. The maximum Gasteiger partial charge on any atom is 0.352 e. The van der Waals surface area contributed by atoms with E-state index in [9.17, 15) is 14.4 Å². The van der Waals surface area contributed by atoms with Crippen LogP contribution >= 0.6 is 0 Å². The van der Waals surface area contributed by atoms with Crippen molar-refractivity contribution in [2.24, 2.45) is 0 Å². The van der Waals surface area contributed by atoms with E-state index in [1.165, 1.54) is 12.8 Å². The minimum Gasteiger partial charge on any atom is -0.347 e. The van der Waals surface area contributed by atoms with E-state index in [-0.39, 0.29) is 24.0 Å². The van der Waals surface area contributed by atoms with Gasteiger partial charge in [0.25, 0.3) is 5.56 Å². The molecule has 0 aliphatic carbocycles. The molecule has 0 saturated carbocycles. The highest BCUT2D eigenvalue weighted by Gasteiger charge is 2.23. The van der Waals surface area contributed by atoms with Gasteiger partial charge >= 0.3 is 17.5 Å². The summed E-state index contributed by atoms with van der Waals surface area (Å²) in [7, 11) is 0. The molecule has 11 heteroatoms. The first-order valence-electron chi connectivity index (χ1n) is 11.6. The van der Waals surface area contributed by atoms with Gasteiger partial charge in [-0.05, 0) is 52.3 Å². The van der Waals surface area contributed by atoms with Crippen molar-refractivity contribution in [1.29, 1.82) is 0 Å². The van der Waals surface area contributed by atoms with Crippen LogP contribution < -0.4 is 16.6 Å². The van der Waals surface area contributed by atoms with Crippen LogP contribution in [0.4, 0.5) is 0 Å². The summed E-state index contributed by atoms with van der Waals surface area (Å²) in [5.74, 6) is -0.937. The number of amides is 1. The van der Waals surface area contributed by atoms with Crippen LogP contribution in [0.3, 0.4) is 0 Å². The molecule has 3 aromatic rings. The highest BCUT2D eigenvalue weighted by molar-refractivity contribution is 5.89. The third kappa shape index (κ3) is 4.84. The number of carbonyl (C=O) groups excluding carboxylic acids is 1. The number of aromatic nitrogens is 5. The number of rotatable bonds is 7. The van der Waals surface area contributed by atoms with Gasteiger partial charge in [-0.3, -0.25) is 19.1 Å². The van der Waals surface area contributed by atoms with Gasteiger partial charge < -0.3 is 9.84 Å². The molecule has 1 atom stereocenters. The van der Waals surface area contributed by atoms with Crippen molar-refractivity contribution in [3.8, 4) is 17.2 Å². The summed E-state index contributed by atoms with van der Waals surface area (Å²) in [5, 5.41) is 10.8. The Balaban J connectivity index is 1.55. The summed E-state index contributed by atoms with van der Waals surface area (Å²) in [4.78, 5) is 44.6. The van der Waals surface area contributed by atoms with E-state index in [1.54, 1.807) is 19.1 Å². The Morgan fingerprint density at radius 1 is 1.21 bits per heavy atom. The Kier molecular flexibility index (Phi) is 7.01. The second kappa shape index (κ2) is 10.1. The van der Waals surface area contributed by atoms with Crippen molar-refractivity contribution in [2.45, 2.75) is 52.6 Å². The fraction of sp³-hybridized carbons (Fsp3) is 0.478. The zero-order valence-corrected chi connectivity index (χ0v) is 19.7. The lowest BCUT2D eigenvalue weighted by molar-refractivity contribution is 0.0895. The molecule has 1 aromatic carbocycles. The first-order valence-corrected chi connectivity index (χ1v) is 11.6. The van der Waals surface area contributed by atoms with E-state index in [0.29, 0.717) is 18.3 Å². The number of likely N-dealkylation sites (tertiary alicyclic amines) is 1. The second-order valence-electron chi connectivity index (χ2n) is 8.49. The van der Waals surface area contributed by atoms with Gasteiger partial charge in [0.15, 0.2) is 5.69 Å². The van der Waals surface area contributed by atoms with E-state index >= 15 is 0 Å². The second-order valence-corrected chi connectivity index (χ2v) is 8.49. The topological polar surface area (TPSA) is 128 Å². The number of hydrogen-bond donors (Lipinski definition) is 1. The predicted molar refractivity (Wildman–Crippen MR) is 125 cm³/mol. The number of benzene rings is 1. The van der Waals surface area contributed by atoms with Gasteiger partial charge in [-0.2, -0.15) is 14.8 Å². The number of carbonyl (C=O) groups is 1. The fourth-order valence-electron chi connectivity index (χ4n) is 4.08. The molecule has 0 radical (unpaired) electrons. The standard InChI is InChI=1S/C23H29N7O4/c1-4-29-22(32)18(26-30(23(29)33)17-10-8-15(2)9-11-17)19-25-21(34-27-19)20(31)24-12-14-28-13-6-5-7-16(28)3/h8-11,16H,4-7,12-14H2,1-3H3,(H,24,31)/t16-/m0/s1. The maximum absolute atomic E-state index is 12.9. The number of aryl methyl sites for hydroxylation is 1. The van der Waals surface area contributed by atoms with Crippen LogP contribution in [-0.4, -0.2) is 61.0 Å². The van der Waals surface area contributed by atoms with Crippen LogP contribution in [0.1, 0.15) is 49.4 Å². The van der Waals surface area contributed by atoms with Gasteiger partial charge in [0, 0.05) is 25.7 Å². The molecule has 1 N–H and O–H groups in total. The van der Waals surface area contributed by atoms with Gasteiger partial charge in [0.05, 0.1) is 5.69 Å². The largest absolute Gasteiger partial charge is 0.352 e. The van der Waals surface area contributed by atoms with Crippen molar-refractivity contribution in [2.75, 3.05) is 19.6 Å². The van der Waals surface area contributed by atoms with Gasteiger partial charge in [0.2, 0.25) is 5.82 Å². The Morgan fingerprint density at radius 2 is 1.97 bits per heavy atom. The molecule has 180 valence electrons. The lowest BCUT2D eigenvalue weighted by Crippen LogP contribution is -2.42. The van der Waals surface area contributed by atoms with Crippen molar-refractivity contribution in [3.63, 3.8) is 0 Å². The van der Waals surface area contributed by atoms with Gasteiger partial charge in [0.1, 0.15) is 0 Å². The summed E-state index contributed by atoms with van der Waals surface area (Å²) in [6.45, 7) is 8.14. The van der Waals surface area contributed by atoms with Crippen LogP contribution in [0.5, 0.6) is 0 Å². The Bertz CT molecular complexity index is 1280. The molecule has 1 aliphatic heterocycles. The summed E-state index contributed by atoms with van der Waals surface area (Å²) < 4.78 is 7.26. The molecular formula is C23H29N7O4. The Labute approximate surface area is 196 Å². The first-order chi connectivity index (χ1) is 16.4. The minimum absolute atomic E-state index is 0.138. The highest BCUT2D eigenvalue weighted by Crippen LogP contribution is 2.15. The van der Waals surface area contributed by atoms with Crippen LogP contribution in [0.2, 0.25) is 0 Å². The van der Waals surface area contributed by atoms with E-state index in [4.69, 9.17) is 4.52 Å². The van der Waals surface area contributed by atoms with Crippen LogP contribution in [-0.2, 0) is 6.54 Å². The van der Waals surface area contributed by atoms with Crippen LogP contribution in [0.25, 0.3) is 17.2 Å². The first kappa shape index (κ1) is 23.6. The van der Waals surface area contributed by atoms with Gasteiger partial charge in [-0.25, -0.2) is 4.79 Å². The molecule has 0 spiro atoms. The molecule has 0 unspecified atom stereocenters. The smallest absolute Gasteiger partial charge is 0.347 e. The molecule has 34 heavy (non-hydrogen) atoms. The summed E-state index contributed by atoms with van der Waals surface area (Å²) in [6.07, 6.45) is 3.56. The number of nitrogens with zero attached hydrogens (tertiary/aromatic N) is 6. The maximum atomic E-state index is 12.9. The summed E-state index contributed by atoms with van der Waals surface area (Å²) >= 11 is 0. The summed E-state index contributed by atoms with van der Waals surface area (Å²) in [6, 6.07) is 7.64. The molecule has 1 saturated heterocycles. The fourth-order valence-corrected chi connectivity index (χ4v) is 4.08. The van der Waals surface area contributed by atoms with E-state index in [1.807, 2.05) is 19.1 Å². The molecule has 1 aliphatic rings. The number of nitrogens with one attached hydrogen (secondary N) is 1. The van der Waals surface area contributed by atoms with Crippen molar-refractivity contribution in [3.05, 3.63) is 56.6 Å². The number of hydrogen-bond acceptors (Lipinski definition) is 8. The quantitative estimate of drug-likeness (QED) is 0.552. The molecule has 0 bridgehead atoms. The normalized spacial score (nSPS) is 16.5. The molecule has 1 fully saturated rings.